The molecule has 12 nitrogen and oxygen atoms in total. The van der Waals surface area contributed by atoms with Gasteiger partial charge in [-0.05, 0) is 66.8 Å². The predicted octanol–water partition coefficient (Wildman–Crippen LogP) is 4.00. The molecule has 1 saturated heterocycles. The van der Waals surface area contributed by atoms with Crippen LogP contribution in [0.25, 0.3) is 10.4 Å². The van der Waals surface area contributed by atoms with Gasteiger partial charge in [-0.15, -0.1) is 11.3 Å². The number of nitrogens with one attached hydrogen (secondary N) is 2. The van der Waals surface area contributed by atoms with Crippen LogP contribution in [0.1, 0.15) is 82.5 Å². The molecule has 0 bridgehead atoms. The maximum absolute atomic E-state index is 13.9. The van der Waals surface area contributed by atoms with Gasteiger partial charge in [-0.25, -0.2) is 4.98 Å². The fourth-order valence-electron chi connectivity index (χ4n) is 6.17. The molecule has 0 radical (unpaired) electrons. The van der Waals surface area contributed by atoms with Crippen molar-refractivity contribution >= 4 is 35.0 Å². The molecule has 4 unspecified atom stereocenters. The second-order valence-corrected chi connectivity index (χ2v) is 15.6. The number of thiazole rings is 1. The van der Waals surface area contributed by atoms with Gasteiger partial charge in [0, 0.05) is 38.4 Å². The number of carbonyl (C=O) groups is 4. The standard InChI is InChI=1S/C39H54N6O6S/c1-25-35(52-24-43-25)28-14-10-27(11-15-28)21-42-37(49)32-20-30(46)22-45(32)38(50)36(39(2,3)4)44-34(48)9-7-5-6-8-26-12-17-31(18-13-26)51-23-29(40)16-19-33(41)47/h10-15,17-18,24,29-30,32,36,46H,5-9,16,19-23,40H2,1-4H3,(H2,41,47)(H,42,49)(H,44,48). The number of primary amides is 1. The molecule has 3 aromatic rings. The van der Waals surface area contributed by atoms with Crippen LogP contribution in [0.15, 0.2) is 54.0 Å². The molecule has 0 aliphatic carbocycles. The van der Waals surface area contributed by atoms with Crippen molar-refractivity contribution in [2.24, 2.45) is 16.9 Å². The largest absolute Gasteiger partial charge is 0.492 e. The minimum atomic E-state index is -0.859. The summed E-state index contributed by atoms with van der Waals surface area (Å²) in [4.78, 5) is 58.1. The number of unbranched alkanes of at least 4 members (excludes halogenated alkanes) is 2. The van der Waals surface area contributed by atoms with Crippen LogP contribution in [0, 0.1) is 12.3 Å². The van der Waals surface area contributed by atoms with Gasteiger partial charge in [-0.2, -0.15) is 0 Å². The smallest absolute Gasteiger partial charge is 0.246 e. The van der Waals surface area contributed by atoms with Crippen LogP contribution in [0.5, 0.6) is 5.75 Å². The molecule has 1 aliphatic heterocycles. The SMILES string of the molecule is Cc1ncsc1-c1ccc(CNC(=O)C2CC(O)CN2C(=O)C(NC(=O)CCCCCc2ccc(OCC(N)CCC(N)=O)cc2)C(C)(C)C)cc1. The number of hydrogen-bond donors (Lipinski definition) is 5. The molecular formula is C39H54N6O6S. The number of ether oxygens (including phenoxy) is 1. The van der Waals surface area contributed by atoms with Crippen LogP contribution in [0.3, 0.4) is 0 Å². The third kappa shape index (κ3) is 12.1. The Kier molecular flexibility index (Phi) is 14.7. The number of β-amino-alcohol motifs (C(OH)–C–C–N with tert-alkyl or cyclic N) is 1. The average molecular weight is 735 g/mol. The zero-order valence-corrected chi connectivity index (χ0v) is 31.5. The molecule has 4 atom stereocenters. The number of aliphatic hydroxyl groups is 1. The summed E-state index contributed by atoms with van der Waals surface area (Å²) >= 11 is 1.58. The molecule has 7 N–H and O–H groups in total. The van der Waals surface area contributed by atoms with E-state index >= 15 is 0 Å². The third-order valence-electron chi connectivity index (χ3n) is 9.23. The number of amides is 4. The van der Waals surface area contributed by atoms with E-state index in [1.165, 1.54) is 4.90 Å². The Morgan fingerprint density at radius 1 is 1.02 bits per heavy atom. The van der Waals surface area contributed by atoms with Crippen LogP contribution in [-0.2, 0) is 32.1 Å². The first-order valence-corrected chi connectivity index (χ1v) is 18.9. The van der Waals surface area contributed by atoms with E-state index in [1.807, 2.05) is 81.7 Å². The summed E-state index contributed by atoms with van der Waals surface area (Å²) in [6.45, 7) is 8.22. The number of aromatic nitrogens is 1. The van der Waals surface area contributed by atoms with E-state index in [4.69, 9.17) is 16.2 Å². The second-order valence-electron chi connectivity index (χ2n) is 14.7. The van der Waals surface area contributed by atoms with Crippen molar-refractivity contribution in [3.05, 3.63) is 70.9 Å². The molecule has 4 rings (SSSR count). The maximum Gasteiger partial charge on any atom is 0.246 e. The van der Waals surface area contributed by atoms with E-state index in [0.717, 1.165) is 46.5 Å². The Morgan fingerprint density at radius 3 is 2.35 bits per heavy atom. The topological polar surface area (TPSA) is 190 Å². The number of aryl methyl sites for hydroxylation is 2. The van der Waals surface area contributed by atoms with Crippen molar-refractivity contribution in [3.63, 3.8) is 0 Å². The van der Waals surface area contributed by atoms with E-state index in [-0.39, 0.29) is 62.0 Å². The quantitative estimate of drug-likeness (QED) is 0.121. The molecule has 282 valence electrons. The van der Waals surface area contributed by atoms with E-state index in [1.54, 1.807) is 11.3 Å². The summed E-state index contributed by atoms with van der Waals surface area (Å²) in [5.74, 6) is -0.604. The molecular weight excluding hydrogens is 681 g/mol. The van der Waals surface area contributed by atoms with E-state index < -0.39 is 23.6 Å². The molecule has 0 saturated carbocycles. The van der Waals surface area contributed by atoms with E-state index in [2.05, 4.69) is 15.6 Å². The van der Waals surface area contributed by atoms with Gasteiger partial charge in [-0.3, -0.25) is 19.2 Å². The lowest BCUT2D eigenvalue weighted by molar-refractivity contribution is -0.144. The van der Waals surface area contributed by atoms with Gasteiger partial charge >= 0.3 is 0 Å². The first kappa shape index (κ1) is 40.4. The van der Waals surface area contributed by atoms with Crippen LogP contribution in [0.4, 0.5) is 0 Å². The molecule has 0 spiro atoms. The highest BCUT2D eigenvalue weighted by atomic mass is 32.1. The summed E-state index contributed by atoms with van der Waals surface area (Å²) in [6, 6.07) is 13.7. The van der Waals surface area contributed by atoms with Crippen molar-refractivity contribution in [1.29, 1.82) is 0 Å². The Labute approximate surface area is 310 Å². The Bertz CT molecular complexity index is 1640. The molecule has 2 heterocycles. The molecule has 1 aliphatic rings. The Balaban J connectivity index is 1.22. The Hall–Kier alpha value is -4.33. The highest BCUT2D eigenvalue weighted by Gasteiger charge is 2.44. The molecule has 1 aromatic heterocycles. The number of benzene rings is 2. The van der Waals surface area contributed by atoms with E-state index in [9.17, 15) is 24.3 Å². The number of carbonyl (C=O) groups excluding carboxylic acids is 4. The van der Waals surface area contributed by atoms with Gasteiger partial charge < -0.3 is 36.8 Å². The van der Waals surface area contributed by atoms with Crippen LogP contribution in [0.2, 0.25) is 0 Å². The number of nitrogens with zero attached hydrogens (tertiary/aromatic N) is 2. The normalized spacial score (nSPS) is 17.0. The number of hydrogen-bond acceptors (Lipinski definition) is 9. The molecule has 4 amide bonds. The van der Waals surface area contributed by atoms with Gasteiger partial charge in [0.2, 0.25) is 23.6 Å². The first-order valence-electron chi connectivity index (χ1n) is 18.0. The highest BCUT2D eigenvalue weighted by Crippen LogP contribution is 2.28. The van der Waals surface area contributed by atoms with Gasteiger partial charge in [0.1, 0.15) is 24.4 Å². The number of nitrogens with two attached hydrogens (primary N) is 2. The fraction of sp³-hybridized carbons (Fsp3) is 0.513. The van der Waals surface area contributed by atoms with Crippen molar-refractivity contribution in [2.75, 3.05) is 13.2 Å². The lowest BCUT2D eigenvalue weighted by Crippen LogP contribution is -2.57. The summed E-state index contributed by atoms with van der Waals surface area (Å²) in [7, 11) is 0. The average Bonchev–Trinajstić information content (AvgIpc) is 3.72. The fourth-order valence-corrected chi connectivity index (χ4v) is 6.98. The van der Waals surface area contributed by atoms with Crippen molar-refractivity contribution in [2.45, 2.75) is 110 Å². The summed E-state index contributed by atoms with van der Waals surface area (Å²) in [5, 5.41) is 16.4. The van der Waals surface area contributed by atoms with Crippen LogP contribution in [-0.4, -0.2) is 76.0 Å². The highest BCUT2D eigenvalue weighted by molar-refractivity contribution is 7.13. The molecule has 1 fully saturated rings. The van der Waals surface area contributed by atoms with Gasteiger partial charge in [0.05, 0.1) is 22.2 Å². The van der Waals surface area contributed by atoms with Crippen molar-refractivity contribution < 1.29 is 29.0 Å². The number of rotatable bonds is 18. The van der Waals surface area contributed by atoms with Gasteiger partial charge in [0.25, 0.3) is 0 Å². The Morgan fingerprint density at radius 2 is 1.71 bits per heavy atom. The van der Waals surface area contributed by atoms with E-state index in [0.29, 0.717) is 25.2 Å². The minimum Gasteiger partial charge on any atom is -0.492 e. The maximum atomic E-state index is 13.9. The van der Waals surface area contributed by atoms with Crippen molar-refractivity contribution in [3.8, 4) is 16.2 Å². The zero-order chi connectivity index (χ0) is 37.8. The molecule has 13 heteroatoms. The van der Waals surface area contributed by atoms with Crippen molar-refractivity contribution in [1.82, 2.24) is 20.5 Å². The van der Waals surface area contributed by atoms with Gasteiger partial charge in [0.15, 0.2) is 0 Å². The zero-order valence-electron chi connectivity index (χ0n) is 30.7. The lowest BCUT2D eigenvalue weighted by atomic mass is 9.85. The lowest BCUT2D eigenvalue weighted by Gasteiger charge is -2.35. The monoisotopic (exact) mass is 734 g/mol. The summed E-state index contributed by atoms with van der Waals surface area (Å²) in [6.07, 6.45) is 3.53. The second kappa shape index (κ2) is 19.0. The van der Waals surface area contributed by atoms with Crippen LogP contribution >= 0.6 is 11.3 Å². The number of likely N-dealkylation sites (tertiary alicyclic amines) is 1. The summed E-state index contributed by atoms with van der Waals surface area (Å²) < 4.78 is 5.71. The number of aliphatic hydroxyl groups excluding tert-OH is 1. The first-order chi connectivity index (χ1) is 24.7. The molecule has 2 aromatic carbocycles. The predicted molar refractivity (Wildman–Crippen MR) is 202 cm³/mol. The van der Waals surface area contributed by atoms with Crippen LogP contribution < -0.4 is 26.8 Å². The summed E-state index contributed by atoms with van der Waals surface area (Å²) in [5.41, 5.74) is 16.4. The molecule has 52 heavy (non-hydrogen) atoms. The third-order valence-corrected chi connectivity index (χ3v) is 10.2. The minimum absolute atomic E-state index is 0.0276. The van der Waals surface area contributed by atoms with Gasteiger partial charge in [-0.1, -0.05) is 63.6 Å².